The third kappa shape index (κ3) is 4.62. The molecule has 0 aliphatic carbocycles. The summed E-state index contributed by atoms with van der Waals surface area (Å²) in [6, 6.07) is 20.9. The molecule has 0 saturated carbocycles. The smallest absolute Gasteiger partial charge is 0.254 e. The minimum Gasteiger partial charge on any atom is -0.350 e. The summed E-state index contributed by atoms with van der Waals surface area (Å²) in [6.07, 6.45) is 4.93. The first-order valence-electron chi connectivity index (χ1n) is 10.9. The molecule has 2 aromatic carbocycles. The van der Waals surface area contributed by atoms with Crippen molar-refractivity contribution in [2.75, 3.05) is 19.6 Å². The van der Waals surface area contributed by atoms with Crippen LogP contribution in [0.25, 0.3) is 0 Å². The van der Waals surface area contributed by atoms with Crippen LogP contribution >= 0.6 is 0 Å². The standard InChI is InChI=1S/C25H30N4O/c1-2-23-22(17-27-29(23)19-20-11-5-3-6-12-20)25(30)26-18-24(28-15-9-10-16-28)21-13-7-4-8-14-21/h3-8,11-14,17,24H,2,9-10,15-16,18-19H2,1H3,(H,26,30). The normalized spacial score (nSPS) is 15.2. The van der Waals surface area contributed by atoms with Crippen LogP contribution in [-0.2, 0) is 13.0 Å². The molecule has 1 aliphatic heterocycles. The van der Waals surface area contributed by atoms with Gasteiger partial charge in [0.1, 0.15) is 0 Å². The van der Waals surface area contributed by atoms with Crippen molar-refractivity contribution in [1.29, 1.82) is 0 Å². The fourth-order valence-corrected chi connectivity index (χ4v) is 4.34. The molecule has 0 bridgehead atoms. The Bertz CT molecular complexity index is 946. The van der Waals surface area contributed by atoms with Gasteiger partial charge in [0, 0.05) is 6.54 Å². The minimum absolute atomic E-state index is 0.0358. The Morgan fingerprint density at radius 1 is 1.03 bits per heavy atom. The van der Waals surface area contributed by atoms with Gasteiger partial charge in [0.25, 0.3) is 5.91 Å². The van der Waals surface area contributed by atoms with Crippen molar-refractivity contribution in [3.8, 4) is 0 Å². The van der Waals surface area contributed by atoms with Crippen LogP contribution in [0.2, 0.25) is 0 Å². The summed E-state index contributed by atoms with van der Waals surface area (Å²) in [6.45, 7) is 5.54. The van der Waals surface area contributed by atoms with Crippen LogP contribution in [0.15, 0.2) is 66.9 Å². The molecule has 1 atom stereocenters. The molecule has 0 spiro atoms. The van der Waals surface area contributed by atoms with Crippen LogP contribution in [0, 0.1) is 0 Å². The van der Waals surface area contributed by atoms with E-state index in [1.54, 1.807) is 6.20 Å². The topological polar surface area (TPSA) is 50.2 Å². The first kappa shape index (κ1) is 20.4. The van der Waals surface area contributed by atoms with E-state index in [1.807, 2.05) is 28.9 Å². The molecule has 1 fully saturated rings. The first-order chi connectivity index (χ1) is 14.8. The molecule has 1 N–H and O–H groups in total. The van der Waals surface area contributed by atoms with Crippen molar-refractivity contribution < 1.29 is 4.79 Å². The van der Waals surface area contributed by atoms with Gasteiger partial charge in [-0.05, 0) is 43.5 Å². The highest BCUT2D eigenvalue weighted by atomic mass is 16.1. The fourth-order valence-electron chi connectivity index (χ4n) is 4.34. The number of carbonyl (C=O) groups excluding carboxylic acids is 1. The van der Waals surface area contributed by atoms with Crippen LogP contribution in [0.5, 0.6) is 0 Å². The van der Waals surface area contributed by atoms with Gasteiger partial charge in [0.15, 0.2) is 0 Å². The maximum atomic E-state index is 13.1. The van der Waals surface area contributed by atoms with Gasteiger partial charge in [-0.3, -0.25) is 14.4 Å². The highest BCUT2D eigenvalue weighted by molar-refractivity contribution is 5.95. The number of carbonyl (C=O) groups is 1. The van der Waals surface area contributed by atoms with E-state index in [-0.39, 0.29) is 11.9 Å². The molecule has 2 heterocycles. The lowest BCUT2D eigenvalue weighted by atomic mass is 10.1. The zero-order chi connectivity index (χ0) is 20.8. The SMILES string of the molecule is CCc1c(C(=O)NCC(c2ccccc2)N2CCCC2)cnn1Cc1ccccc1. The molecule has 1 saturated heterocycles. The molecular weight excluding hydrogens is 372 g/mol. The number of benzene rings is 2. The van der Waals surface area contributed by atoms with E-state index in [1.165, 1.54) is 24.0 Å². The molecule has 5 heteroatoms. The Balaban J connectivity index is 1.47. The van der Waals surface area contributed by atoms with E-state index >= 15 is 0 Å². The van der Waals surface area contributed by atoms with Crippen molar-refractivity contribution in [2.45, 2.75) is 38.8 Å². The number of amides is 1. The van der Waals surface area contributed by atoms with Gasteiger partial charge >= 0.3 is 0 Å². The van der Waals surface area contributed by atoms with Gasteiger partial charge < -0.3 is 5.32 Å². The predicted octanol–water partition coefficient (Wildman–Crippen LogP) is 4.06. The van der Waals surface area contributed by atoms with Crippen LogP contribution in [0.1, 0.15) is 53.0 Å². The molecular formula is C25H30N4O. The van der Waals surface area contributed by atoms with Crippen LogP contribution < -0.4 is 5.32 Å². The molecule has 0 radical (unpaired) electrons. The fraction of sp³-hybridized carbons (Fsp3) is 0.360. The second-order valence-corrected chi connectivity index (χ2v) is 7.88. The van der Waals surface area contributed by atoms with E-state index in [0.717, 1.165) is 25.2 Å². The highest BCUT2D eigenvalue weighted by Crippen LogP contribution is 2.24. The average Bonchev–Trinajstić information content (AvgIpc) is 3.45. The number of aromatic nitrogens is 2. The zero-order valence-corrected chi connectivity index (χ0v) is 17.6. The van der Waals surface area contributed by atoms with Gasteiger partial charge in [0.2, 0.25) is 0 Å². The zero-order valence-electron chi connectivity index (χ0n) is 17.6. The molecule has 5 nitrogen and oxygen atoms in total. The molecule has 156 valence electrons. The van der Waals surface area contributed by atoms with Crippen molar-refractivity contribution >= 4 is 5.91 Å². The number of nitrogens with one attached hydrogen (secondary N) is 1. The lowest BCUT2D eigenvalue weighted by Crippen LogP contribution is -2.37. The van der Waals surface area contributed by atoms with Gasteiger partial charge in [-0.2, -0.15) is 5.10 Å². The monoisotopic (exact) mass is 402 g/mol. The highest BCUT2D eigenvalue weighted by Gasteiger charge is 2.25. The van der Waals surface area contributed by atoms with Crippen LogP contribution in [0.4, 0.5) is 0 Å². The van der Waals surface area contributed by atoms with Crippen LogP contribution in [-0.4, -0.2) is 40.2 Å². The summed E-state index contributed by atoms with van der Waals surface area (Å²) in [5, 5.41) is 7.70. The second kappa shape index (κ2) is 9.72. The van der Waals surface area contributed by atoms with E-state index in [2.05, 4.69) is 58.6 Å². The Labute approximate surface area is 178 Å². The Hall–Kier alpha value is -2.92. The summed E-state index contributed by atoms with van der Waals surface area (Å²) in [7, 11) is 0. The van der Waals surface area contributed by atoms with E-state index in [9.17, 15) is 4.79 Å². The second-order valence-electron chi connectivity index (χ2n) is 7.88. The van der Waals surface area contributed by atoms with Gasteiger partial charge in [-0.25, -0.2) is 0 Å². The summed E-state index contributed by atoms with van der Waals surface area (Å²) in [5.74, 6) is -0.0358. The third-order valence-corrected chi connectivity index (χ3v) is 5.93. The van der Waals surface area contributed by atoms with Crippen molar-refractivity contribution in [1.82, 2.24) is 20.0 Å². The lowest BCUT2D eigenvalue weighted by Gasteiger charge is -2.28. The summed E-state index contributed by atoms with van der Waals surface area (Å²) in [5.41, 5.74) is 4.10. The molecule has 30 heavy (non-hydrogen) atoms. The molecule has 1 aliphatic rings. The van der Waals surface area contributed by atoms with Gasteiger partial charge in [0.05, 0.1) is 30.0 Å². The Morgan fingerprint density at radius 2 is 1.70 bits per heavy atom. The van der Waals surface area contributed by atoms with E-state index < -0.39 is 0 Å². The Morgan fingerprint density at radius 3 is 2.37 bits per heavy atom. The number of hydrogen-bond donors (Lipinski definition) is 1. The van der Waals surface area contributed by atoms with Gasteiger partial charge in [-0.15, -0.1) is 0 Å². The van der Waals surface area contributed by atoms with Crippen molar-refractivity contribution in [3.05, 3.63) is 89.2 Å². The first-order valence-corrected chi connectivity index (χ1v) is 10.9. The molecule has 4 rings (SSSR count). The van der Waals surface area contributed by atoms with Gasteiger partial charge in [-0.1, -0.05) is 67.6 Å². The minimum atomic E-state index is -0.0358. The molecule has 1 aromatic heterocycles. The van der Waals surface area contributed by atoms with Crippen molar-refractivity contribution in [2.24, 2.45) is 0 Å². The lowest BCUT2D eigenvalue weighted by molar-refractivity contribution is 0.0937. The third-order valence-electron chi connectivity index (χ3n) is 5.93. The summed E-state index contributed by atoms with van der Waals surface area (Å²) in [4.78, 5) is 15.5. The molecule has 1 amide bonds. The average molecular weight is 403 g/mol. The number of hydrogen-bond acceptors (Lipinski definition) is 3. The molecule has 1 unspecified atom stereocenters. The quantitative estimate of drug-likeness (QED) is 0.618. The molecule has 3 aromatic rings. The maximum Gasteiger partial charge on any atom is 0.254 e. The number of rotatable bonds is 8. The Kier molecular flexibility index (Phi) is 6.60. The van der Waals surface area contributed by atoms with Crippen LogP contribution in [0.3, 0.4) is 0 Å². The largest absolute Gasteiger partial charge is 0.350 e. The maximum absolute atomic E-state index is 13.1. The summed E-state index contributed by atoms with van der Waals surface area (Å²) >= 11 is 0. The number of nitrogens with zero attached hydrogens (tertiary/aromatic N) is 3. The summed E-state index contributed by atoms with van der Waals surface area (Å²) < 4.78 is 1.94. The van der Waals surface area contributed by atoms with E-state index in [0.29, 0.717) is 18.7 Å². The predicted molar refractivity (Wildman–Crippen MR) is 119 cm³/mol. The van der Waals surface area contributed by atoms with E-state index in [4.69, 9.17) is 0 Å². The number of likely N-dealkylation sites (tertiary alicyclic amines) is 1. The van der Waals surface area contributed by atoms with Crippen molar-refractivity contribution in [3.63, 3.8) is 0 Å².